The number of nitrogens with zero attached hydrogens (tertiary/aromatic N) is 1. The average Bonchev–Trinajstić information content (AvgIpc) is 2.66. The predicted molar refractivity (Wildman–Crippen MR) is 85.1 cm³/mol. The van der Waals surface area contributed by atoms with Crippen molar-refractivity contribution >= 4 is 14.3 Å². The molecule has 0 bridgehead atoms. The van der Waals surface area contributed by atoms with Gasteiger partial charge in [-0.05, 0) is 18.9 Å². The number of fused-ring (bicyclic) bond motifs is 1. The highest BCUT2D eigenvalue weighted by molar-refractivity contribution is 6.79. The number of amides is 1. The lowest BCUT2D eigenvalue weighted by molar-refractivity contribution is -0.281. The SMILES string of the molecule is CO[C@@H]1O[C@@H](C)[C@H]2N([Si](C)(C)C(C)(C)C)C(=O)O[C@@]2(C)[C@H]1O. The summed E-state index contributed by atoms with van der Waals surface area (Å²) in [6.45, 7) is 14.4. The second-order valence-electron chi connectivity index (χ2n) is 8.07. The second kappa shape index (κ2) is 5.19. The highest BCUT2D eigenvalue weighted by Crippen LogP contribution is 2.48. The van der Waals surface area contributed by atoms with Crippen LogP contribution in [0.25, 0.3) is 0 Å². The molecule has 0 aromatic heterocycles. The Kier molecular flexibility index (Phi) is 4.18. The number of aliphatic hydroxyl groups is 1. The summed E-state index contributed by atoms with van der Waals surface area (Å²) in [7, 11) is -0.688. The quantitative estimate of drug-likeness (QED) is 0.787. The normalized spacial score (nSPS) is 39.7. The fraction of sp³-hybridized carbons (Fsp3) is 0.933. The third kappa shape index (κ3) is 2.29. The first-order valence-electron chi connectivity index (χ1n) is 7.76. The maximum atomic E-state index is 12.7. The van der Waals surface area contributed by atoms with Crippen molar-refractivity contribution in [3.05, 3.63) is 0 Å². The zero-order valence-corrected chi connectivity index (χ0v) is 15.8. The maximum Gasteiger partial charge on any atom is 0.402 e. The zero-order chi connectivity index (χ0) is 17.1. The number of carbonyl (C=O) groups is 1. The van der Waals surface area contributed by atoms with Gasteiger partial charge in [0.1, 0.15) is 6.10 Å². The summed E-state index contributed by atoms with van der Waals surface area (Å²) in [5, 5.41) is 10.6. The number of carbonyl (C=O) groups excluding carboxylic acids is 1. The van der Waals surface area contributed by atoms with Gasteiger partial charge >= 0.3 is 6.09 Å². The van der Waals surface area contributed by atoms with Gasteiger partial charge in [0.25, 0.3) is 0 Å². The second-order valence-corrected chi connectivity index (χ2v) is 13.2. The number of hydrogen-bond acceptors (Lipinski definition) is 5. The molecule has 0 saturated carbocycles. The summed E-state index contributed by atoms with van der Waals surface area (Å²) in [5.74, 6) is 0. The molecule has 0 unspecified atom stereocenters. The third-order valence-electron chi connectivity index (χ3n) is 5.68. The van der Waals surface area contributed by atoms with Gasteiger partial charge in [-0.15, -0.1) is 0 Å². The molecule has 2 aliphatic heterocycles. The van der Waals surface area contributed by atoms with Crippen molar-refractivity contribution in [1.29, 1.82) is 0 Å². The molecule has 1 N–H and O–H groups in total. The van der Waals surface area contributed by atoms with Crippen molar-refractivity contribution in [2.45, 2.75) is 82.9 Å². The van der Waals surface area contributed by atoms with Gasteiger partial charge in [-0.2, -0.15) is 0 Å². The van der Waals surface area contributed by atoms with Gasteiger partial charge in [-0.25, -0.2) is 4.79 Å². The van der Waals surface area contributed by atoms with Crippen molar-refractivity contribution in [2.24, 2.45) is 0 Å². The maximum absolute atomic E-state index is 12.7. The van der Waals surface area contributed by atoms with Crippen LogP contribution in [0.1, 0.15) is 34.6 Å². The van der Waals surface area contributed by atoms with Gasteiger partial charge in [0.05, 0.1) is 12.1 Å². The smallest absolute Gasteiger partial charge is 0.402 e. The van der Waals surface area contributed by atoms with Crippen LogP contribution in [-0.2, 0) is 14.2 Å². The Balaban J connectivity index is 2.47. The molecular formula is C15H29NO5Si. The minimum absolute atomic E-state index is 0.0277. The minimum Gasteiger partial charge on any atom is -0.438 e. The lowest BCUT2D eigenvalue weighted by atomic mass is 9.85. The Morgan fingerprint density at radius 1 is 1.36 bits per heavy atom. The molecule has 1 amide bonds. The number of ether oxygens (including phenoxy) is 3. The Morgan fingerprint density at radius 3 is 2.36 bits per heavy atom. The van der Waals surface area contributed by atoms with E-state index in [-0.39, 0.29) is 23.3 Å². The predicted octanol–water partition coefficient (Wildman–Crippen LogP) is 2.32. The van der Waals surface area contributed by atoms with E-state index in [1.54, 1.807) is 6.92 Å². The molecule has 2 aliphatic rings. The molecule has 0 radical (unpaired) electrons. The van der Waals surface area contributed by atoms with Crippen LogP contribution >= 0.6 is 0 Å². The Hall–Kier alpha value is -0.633. The first-order chi connectivity index (χ1) is 9.88. The molecule has 5 atom stereocenters. The largest absolute Gasteiger partial charge is 0.438 e. The van der Waals surface area contributed by atoms with E-state index in [0.29, 0.717) is 0 Å². The van der Waals surface area contributed by atoms with E-state index in [2.05, 4.69) is 33.9 Å². The van der Waals surface area contributed by atoms with Gasteiger partial charge < -0.3 is 23.9 Å². The molecule has 2 fully saturated rings. The van der Waals surface area contributed by atoms with Crippen LogP contribution in [0.15, 0.2) is 0 Å². The average molecular weight is 331 g/mol. The van der Waals surface area contributed by atoms with Crippen LogP contribution in [-0.4, -0.2) is 61.3 Å². The summed E-state index contributed by atoms with van der Waals surface area (Å²) in [4.78, 5) is 12.7. The van der Waals surface area contributed by atoms with Gasteiger partial charge in [-0.1, -0.05) is 33.9 Å². The Morgan fingerprint density at radius 2 is 1.91 bits per heavy atom. The van der Waals surface area contributed by atoms with Crippen LogP contribution in [0.5, 0.6) is 0 Å². The fourth-order valence-corrected chi connectivity index (χ4v) is 5.72. The van der Waals surface area contributed by atoms with Crippen molar-refractivity contribution < 1.29 is 24.1 Å². The van der Waals surface area contributed by atoms with Gasteiger partial charge in [0, 0.05) is 7.11 Å². The van der Waals surface area contributed by atoms with E-state index >= 15 is 0 Å². The molecule has 22 heavy (non-hydrogen) atoms. The van der Waals surface area contributed by atoms with Crippen LogP contribution in [0, 0.1) is 0 Å². The molecule has 128 valence electrons. The molecular weight excluding hydrogens is 302 g/mol. The first-order valence-corrected chi connectivity index (χ1v) is 10.7. The van der Waals surface area contributed by atoms with Crippen LogP contribution in [0.4, 0.5) is 4.79 Å². The highest BCUT2D eigenvalue weighted by Gasteiger charge is 2.66. The molecule has 0 aromatic rings. The van der Waals surface area contributed by atoms with Gasteiger partial charge in [0.15, 0.2) is 20.1 Å². The molecule has 6 nitrogen and oxygen atoms in total. The van der Waals surface area contributed by atoms with Crippen molar-refractivity contribution in [3.63, 3.8) is 0 Å². The molecule has 0 spiro atoms. The number of rotatable bonds is 2. The van der Waals surface area contributed by atoms with Crippen molar-refractivity contribution in [3.8, 4) is 0 Å². The summed E-state index contributed by atoms with van der Waals surface area (Å²) >= 11 is 0. The number of methoxy groups -OCH3 is 1. The molecule has 0 aromatic carbocycles. The monoisotopic (exact) mass is 331 g/mol. The Bertz CT molecular complexity index is 463. The third-order valence-corrected chi connectivity index (χ3v) is 11.0. The van der Waals surface area contributed by atoms with Gasteiger partial charge in [-0.3, -0.25) is 0 Å². The van der Waals surface area contributed by atoms with Gasteiger partial charge in [0.2, 0.25) is 0 Å². The van der Waals surface area contributed by atoms with Crippen LogP contribution in [0.3, 0.4) is 0 Å². The number of hydrogen-bond donors (Lipinski definition) is 1. The standard InChI is InChI=1S/C15H29NO5Si/c1-9-10-15(5,11(17)12(19-6)20-9)21-13(18)16(10)22(7,8)14(2,3)4/h9-12,17H,1-8H3/t9-,10+,11-,12+,15+/m0/s1. The van der Waals surface area contributed by atoms with Crippen LogP contribution < -0.4 is 0 Å². The number of aliphatic hydroxyl groups excluding tert-OH is 1. The lowest BCUT2D eigenvalue weighted by Gasteiger charge is -2.51. The fourth-order valence-electron chi connectivity index (χ4n) is 3.33. The molecule has 0 aliphatic carbocycles. The molecule has 2 heterocycles. The molecule has 7 heteroatoms. The van der Waals surface area contributed by atoms with E-state index in [0.717, 1.165) is 0 Å². The van der Waals surface area contributed by atoms with E-state index in [1.807, 2.05) is 11.5 Å². The van der Waals surface area contributed by atoms with E-state index in [4.69, 9.17) is 14.2 Å². The summed E-state index contributed by atoms with van der Waals surface area (Å²) in [5.41, 5.74) is -1.02. The van der Waals surface area contributed by atoms with Crippen molar-refractivity contribution in [1.82, 2.24) is 4.57 Å². The van der Waals surface area contributed by atoms with E-state index in [9.17, 15) is 9.90 Å². The summed E-state index contributed by atoms with van der Waals surface area (Å²) in [6, 6.07) is -0.317. The molecule has 2 saturated heterocycles. The van der Waals surface area contributed by atoms with E-state index in [1.165, 1.54) is 7.11 Å². The molecule has 2 rings (SSSR count). The summed E-state index contributed by atoms with van der Waals surface area (Å²) in [6.07, 6.45) is -2.44. The summed E-state index contributed by atoms with van der Waals surface area (Å²) < 4.78 is 18.5. The topological polar surface area (TPSA) is 68.2 Å². The zero-order valence-electron chi connectivity index (χ0n) is 14.8. The van der Waals surface area contributed by atoms with Crippen molar-refractivity contribution in [2.75, 3.05) is 7.11 Å². The first kappa shape index (κ1) is 17.7. The lowest BCUT2D eigenvalue weighted by Crippen LogP contribution is -2.70. The van der Waals surface area contributed by atoms with E-state index < -0.39 is 26.2 Å². The minimum atomic E-state index is -2.17. The highest BCUT2D eigenvalue weighted by atomic mass is 28.3. The van der Waals surface area contributed by atoms with Crippen LogP contribution in [0.2, 0.25) is 18.1 Å². The Labute approximate surface area is 133 Å².